The van der Waals surface area contributed by atoms with Gasteiger partial charge in [0.25, 0.3) is 11.5 Å². The van der Waals surface area contributed by atoms with Crippen LogP contribution in [0.2, 0.25) is 0 Å². The number of carbonyl (C=O) groups excluding carboxylic acids is 2. The zero-order valence-corrected chi connectivity index (χ0v) is 23.8. The maximum atomic E-state index is 13.5. The van der Waals surface area contributed by atoms with Crippen LogP contribution in [0.5, 0.6) is 11.5 Å². The Morgan fingerprint density at radius 2 is 1.72 bits per heavy atom. The average Bonchev–Trinajstić information content (AvgIpc) is 3.04. The molecule has 11 nitrogen and oxygen atoms in total. The van der Waals surface area contributed by atoms with Gasteiger partial charge in [-0.3, -0.25) is 19.4 Å². The minimum absolute atomic E-state index is 0.0481. The molecule has 5 rings (SSSR count). The molecule has 1 N–H and O–H groups in total. The molecule has 2 aromatic carbocycles. The highest BCUT2D eigenvalue weighted by Crippen LogP contribution is 2.28. The number of methoxy groups -OCH3 is 2. The number of fused-ring (bicyclic) bond motifs is 1. The summed E-state index contributed by atoms with van der Waals surface area (Å²) in [6, 6.07) is 18.7. The van der Waals surface area contributed by atoms with Crippen molar-refractivity contribution < 1.29 is 23.8 Å². The van der Waals surface area contributed by atoms with Crippen LogP contribution >= 0.6 is 0 Å². The first kappa shape index (κ1) is 28.9. The molecule has 11 heteroatoms. The lowest BCUT2D eigenvalue weighted by Gasteiger charge is -2.19. The second-order valence-corrected chi connectivity index (χ2v) is 9.62. The van der Waals surface area contributed by atoms with Crippen LogP contribution in [0.25, 0.3) is 27.8 Å². The van der Waals surface area contributed by atoms with Gasteiger partial charge in [-0.05, 0) is 54.4 Å². The summed E-state index contributed by atoms with van der Waals surface area (Å²) in [5.41, 5.74) is 1.98. The molecule has 1 atom stereocenters. The van der Waals surface area contributed by atoms with E-state index in [2.05, 4.69) is 20.4 Å². The molecule has 0 radical (unpaired) electrons. The number of ether oxygens (including phenoxy) is 3. The van der Waals surface area contributed by atoms with Crippen molar-refractivity contribution in [3.05, 3.63) is 107 Å². The molecule has 0 aliphatic heterocycles. The number of esters is 1. The molecule has 0 unspecified atom stereocenters. The Hall–Kier alpha value is -5.58. The summed E-state index contributed by atoms with van der Waals surface area (Å²) in [6.07, 6.45) is 5.11. The molecule has 3 aromatic heterocycles. The molecule has 1 amide bonds. The number of pyridine rings is 2. The summed E-state index contributed by atoms with van der Waals surface area (Å²) >= 11 is 0. The highest BCUT2D eigenvalue weighted by molar-refractivity contribution is 5.95. The molecular formula is C32H29N5O6. The summed E-state index contributed by atoms with van der Waals surface area (Å²) in [5.74, 6) is 0.368. The van der Waals surface area contributed by atoms with E-state index in [1.807, 2.05) is 24.3 Å². The maximum Gasteiger partial charge on any atom is 0.302 e. The van der Waals surface area contributed by atoms with Gasteiger partial charge < -0.3 is 19.5 Å². The van der Waals surface area contributed by atoms with Gasteiger partial charge in [-0.1, -0.05) is 24.3 Å². The Balaban J connectivity index is 1.46. The van der Waals surface area contributed by atoms with E-state index in [0.717, 1.165) is 11.1 Å². The standard InChI is InChI=1S/C32H29N5O6/c1-20(38)43-19-24(15-21-10-11-27(41-2)28(16-21)42-3)35-31(39)22-12-14-34-29(17-22)37-32(40)26-9-5-4-8-25(26)30(36-37)23-7-6-13-33-18-23/h4-14,16-18,24H,15,19H2,1-3H3,(H,35,39)/t24-/m0/s1. The third-order valence-corrected chi connectivity index (χ3v) is 6.72. The number of benzene rings is 2. The Morgan fingerprint density at radius 1 is 0.930 bits per heavy atom. The summed E-state index contributed by atoms with van der Waals surface area (Å²) in [4.78, 5) is 47.1. The molecule has 0 saturated heterocycles. The van der Waals surface area contributed by atoms with Crippen molar-refractivity contribution >= 4 is 22.6 Å². The number of aromatic nitrogens is 4. The summed E-state index contributed by atoms with van der Waals surface area (Å²) in [5, 5.41) is 8.68. The van der Waals surface area contributed by atoms with Gasteiger partial charge in [0, 0.05) is 42.0 Å². The van der Waals surface area contributed by atoms with Gasteiger partial charge in [-0.2, -0.15) is 9.78 Å². The van der Waals surface area contributed by atoms with Gasteiger partial charge >= 0.3 is 5.97 Å². The number of hydrogen-bond donors (Lipinski definition) is 1. The van der Waals surface area contributed by atoms with Crippen LogP contribution in [0, 0.1) is 0 Å². The van der Waals surface area contributed by atoms with Crippen molar-refractivity contribution in [3.63, 3.8) is 0 Å². The Bertz CT molecular complexity index is 1840. The molecule has 218 valence electrons. The van der Waals surface area contributed by atoms with Crippen molar-refractivity contribution in [3.8, 4) is 28.6 Å². The van der Waals surface area contributed by atoms with Crippen LogP contribution < -0.4 is 20.3 Å². The first-order valence-electron chi connectivity index (χ1n) is 13.4. The molecule has 43 heavy (non-hydrogen) atoms. The molecule has 0 bridgehead atoms. The van der Waals surface area contributed by atoms with Gasteiger partial charge in [0.05, 0.1) is 25.6 Å². The molecule has 0 aliphatic carbocycles. The normalized spacial score (nSPS) is 11.5. The Morgan fingerprint density at radius 3 is 2.44 bits per heavy atom. The van der Waals surface area contributed by atoms with Crippen LogP contribution in [0.4, 0.5) is 0 Å². The SMILES string of the molecule is COc1ccc(C[C@@H](COC(C)=O)NC(=O)c2ccnc(-n3nc(-c4cccnc4)c4ccccc4c3=O)c2)cc1OC. The molecule has 5 aromatic rings. The highest BCUT2D eigenvalue weighted by Gasteiger charge is 2.19. The van der Waals surface area contributed by atoms with Crippen molar-refractivity contribution in [1.82, 2.24) is 25.1 Å². The second kappa shape index (κ2) is 12.9. The molecule has 0 spiro atoms. The van der Waals surface area contributed by atoms with E-state index in [9.17, 15) is 14.4 Å². The summed E-state index contributed by atoms with van der Waals surface area (Å²) in [6.45, 7) is 1.26. The number of amides is 1. The fourth-order valence-electron chi connectivity index (χ4n) is 4.67. The van der Waals surface area contributed by atoms with Crippen molar-refractivity contribution in [1.29, 1.82) is 0 Å². The first-order valence-corrected chi connectivity index (χ1v) is 13.4. The zero-order chi connectivity index (χ0) is 30.3. The summed E-state index contributed by atoms with van der Waals surface area (Å²) < 4.78 is 17.1. The van der Waals surface area contributed by atoms with Crippen molar-refractivity contribution in [2.75, 3.05) is 20.8 Å². The number of hydrogen-bond acceptors (Lipinski definition) is 9. The molecule has 0 aliphatic rings. The van der Waals surface area contributed by atoms with E-state index in [1.54, 1.807) is 49.8 Å². The minimum Gasteiger partial charge on any atom is -0.493 e. The third kappa shape index (κ3) is 6.51. The van der Waals surface area contributed by atoms with Gasteiger partial charge in [-0.15, -0.1) is 0 Å². The highest BCUT2D eigenvalue weighted by atomic mass is 16.5. The van der Waals surface area contributed by atoms with Gasteiger partial charge in [0.1, 0.15) is 12.3 Å². The van der Waals surface area contributed by atoms with Crippen LogP contribution in [0.3, 0.4) is 0 Å². The van der Waals surface area contributed by atoms with Crippen LogP contribution in [-0.4, -0.2) is 58.5 Å². The van der Waals surface area contributed by atoms with E-state index in [4.69, 9.17) is 14.2 Å². The van der Waals surface area contributed by atoms with E-state index in [0.29, 0.717) is 34.4 Å². The molecule has 0 fully saturated rings. The fraction of sp³-hybridized carbons (Fsp3) is 0.188. The van der Waals surface area contributed by atoms with Crippen LogP contribution in [0.15, 0.2) is 90.1 Å². The van der Waals surface area contributed by atoms with E-state index >= 15 is 0 Å². The van der Waals surface area contributed by atoms with Crippen molar-refractivity contribution in [2.45, 2.75) is 19.4 Å². The van der Waals surface area contributed by atoms with Gasteiger partial charge in [0.2, 0.25) is 0 Å². The number of carbonyl (C=O) groups is 2. The monoisotopic (exact) mass is 579 g/mol. The molecule has 3 heterocycles. The number of rotatable bonds is 10. The van der Waals surface area contributed by atoms with Crippen molar-refractivity contribution in [2.24, 2.45) is 0 Å². The average molecular weight is 580 g/mol. The lowest BCUT2D eigenvalue weighted by molar-refractivity contribution is -0.141. The Labute approximate surface area is 247 Å². The van der Waals surface area contributed by atoms with Crippen LogP contribution in [0.1, 0.15) is 22.8 Å². The van der Waals surface area contributed by atoms with E-state index in [1.165, 1.54) is 37.0 Å². The van der Waals surface area contributed by atoms with E-state index in [-0.39, 0.29) is 23.5 Å². The fourth-order valence-corrected chi connectivity index (χ4v) is 4.67. The second-order valence-electron chi connectivity index (χ2n) is 9.62. The Kier molecular flexibility index (Phi) is 8.71. The number of nitrogens with one attached hydrogen (secondary N) is 1. The molecular weight excluding hydrogens is 550 g/mol. The lowest BCUT2D eigenvalue weighted by Crippen LogP contribution is -2.40. The smallest absolute Gasteiger partial charge is 0.302 e. The predicted octanol–water partition coefficient (Wildman–Crippen LogP) is 3.76. The third-order valence-electron chi connectivity index (χ3n) is 6.72. The van der Waals surface area contributed by atoms with Crippen LogP contribution in [-0.2, 0) is 16.0 Å². The minimum atomic E-state index is -0.565. The quantitative estimate of drug-likeness (QED) is 0.245. The van der Waals surface area contributed by atoms with Gasteiger partial charge in [0.15, 0.2) is 17.3 Å². The predicted molar refractivity (Wildman–Crippen MR) is 160 cm³/mol. The topological polar surface area (TPSA) is 135 Å². The number of nitrogens with zero attached hydrogens (tertiary/aromatic N) is 4. The largest absolute Gasteiger partial charge is 0.493 e. The molecule has 0 saturated carbocycles. The lowest BCUT2D eigenvalue weighted by atomic mass is 10.0. The zero-order valence-electron chi connectivity index (χ0n) is 23.8. The van der Waals surface area contributed by atoms with E-state index < -0.39 is 17.9 Å². The first-order chi connectivity index (χ1) is 20.9. The summed E-state index contributed by atoms with van der Waals surface area (Å²) in [7, 11) is 3.08. The maximum absolute atomic E-state index is 13.5. The van der Waals surface area contributed by atoms with Gasteiger partial charge in [-0.25, -0.2) is 4.98 Å².